The molecule has 1 aromatic heterocycles. The van der Waals surface area contributed by atoms with Crippen molar-refractivity contribution in [3.63, 3.8) is 0 Å². The van der Waals surface area contributed by atoms with Crippen molar-refractivity contribution >= 4 is 22.8 Å². The van der Waals surface area contributed by atoms with Crippen LogP contribution in [0.2, 0.25) is 0 Å². The Morgan fingerprint density at radius 2 is 1.96 bits per heavy atom. The van der Waals surface area contributed by atoms with E-state index in [2.05, 4.69) is 22.0 Å². The van der Waals surface area contributed by atoms with E-state index in [0.717, 1.165) is 52.4 Å². The number of benzene rings is 2. The summed E-state index contributed by atoms with van der Waals surface area (Å²) in [6, 6.07) is 15.9. The molecule has 1 aliphatic carbocycles. The number of nitrogens with zero attached hydrogens (tertiary/aromatic N) is 2. The zero-order chi connectivity index (χ0) is 18.4. The Morgan fingerprint density at radius 3 is 2.85 bits per heavy atom. The lowest BCUT2D eigenvalue weighted by Gasteiger charge is -2.34. The van der Waals surface area contributed by atoms with Gasteiger partial charge in [0.15, 0.2) is 5.78 Å². The molecule has 0 radical (unpaired) electrons. The van der Waals surface area contributed by atoms with Crippen molar-refractivity contribution < 1.29 is 9.53 Å². The highest BCUT2D eigenvalue weighted by molar-refractivity contribution is 6.00. The van der Waals surface area contributed by atoms with Crippen LogP contribution in [0.15, 0.2) is 59.8 Å². The van der Waals surface area contributed by atoms with Gasteiger partial charge < -0.3 is 10.1 Å². The van der Waals surface area contributed by atoms with Gasteiger partial charge in [-0.2, -0.15) is 0 Å². The van der Waals surface area contributed by atoms with E-state index >= 15 is 0 Å². The molecule has 5 heteroatoms. The second kappa shape index (κ2) is 6.27. The van der Waals surface area contributed by atoms with Crippen LogP contribution in [0.4, 0.5) is 5.95 Å². The molecular formula is C22H21N3O2. The van der Waals surface area contributed by atoms with Crippen molar-refractivity contribution in [3.8, 4) is 5.75 Å². The largest absolute Gasteiger partial charge is 0.494 e. The molecule has 136 valence electrons. The minimum absolute atomic E-state index is 0.212. The summed E-state index contributed by atoms with van der Waals surface area (Å²) in [7, 11) is 0. The van der Waals surface area contributed by atoms with Gasteiger partial charge >= 0.3 is 0 Å². The van der Waals surface area contributed by atoms with Gasteiger partial charge in [-0.3, -0.25) is 9.36 Å². The van der Waals surface area contributed by atoms with Crippen LogP contribution in [0.25, 0.3) is 11.0 Å². The maximum absolute atomic E-state index is 13.0. The normalized spacial score (nSPS) is 18.9. The number of allylic oxidation sites excluding steroid dienone is 2. The Bertz CT molecular complexity index is 1080. The zero-order valence-electron chi connectivity index (χ0n) is 15.2. The number of aromatic nitrogens is 2. The summed E-state index contributed by atoms with van der Waals surface area (Å²) in [6.45, 7) is 2.56. The van der Waals surface area contributed by atoms with Crippen molar-refractivity contribution in [1.82, 2.24) is 9.55 Å². The number of para-hydroxylation sites is 3. The molecule has 27 heavy (non-hydrogen) atoms. The van der Waals surface area contributed by atoms with E-state index in [1.807, 2.05) is 43.3 Å². The number of carbonyl (C=O) groups is 1. The Morgan fingerprint density at radius 1 is 1.15 bits per heavy atom. The SMILES string of the molecule is CCOc1ccccc1C1C2=C(CCCC2=O)Nc2nc3ccccc3n21. The molecule has 0 saturated carbocycles. The lowest BCUT2D eigenvalue weighted by atomic mass is 9.85. The summed E-state index contributed by atoms with van der Waals surface area (Å²) in [5.41, 5.74) is 4.80. The average molecular weight is 359 g/mol. The number of hydrogen-bond acceptors (Lipinski definition) is 4. The minimum atomic E-state index is -0.223. The second-order valence-electron chi connectivity index (χ2n) is 6.96. The first-order valence-electron chi connectivity index (χ1n) is 9.50. The van der Waals surface area contributed by atoms with Crippen LogP contribution >= 0.6 is 0 Å². The van der Waals surface area contributed by atoms with E-state index < -0.39 is 0 Å². The smallest absolute Gasteiger partial charge is 0.209 e. The molecule has 0 bridgehead atoms. The standard InChI is InChI=1S/C22H21N3O2/c1-2-27-19-13-6-3-8-14(19)21-20-16(10-7-12-18(20)26)24-22-23-15-9-4-5-11-17(15)25(21)22/h3-6,8-9,11,13,21H,2,7,10,12H2,1H3,(H,23,24). The Labute approximate surface area is 157 Å². The summed E-state index contributed by atoms with van der Waals surface area (Å²) in [5, 5.41) is 3.44. The van der Waals surface area contributed by atoms with Crippen LogP contribution in [-0.4, -0.2) is 21.9 Å². The maximum atomic E-state index is 13.0. The fraction of sp³-hybridized carbons (Fsp3) is 0.273. The Balaban J connectivity index is 1.81. The third kappa shape index (κ3) is 2.46. The van der Waals surface area contributed by atoms with Gasteiger partial charge in [-0.05, 0) is 38.0 Å². The molecule has 3 aromatic rings. The number of fused-ring (bicyclic) bond motifs is 3. The van der Waals surface area contributed by atoms with Crippen LogP contribution in [0.5, 0.6) is 5.75 Å². The quantitative estimate of drug-likeness (QED) is 0.750. The first-order chi connectivity index (χ1) is 13.3. The minimum Gasteiger partial charge on any atom is -0.494 e. The first kappa shape index (κ1) is 16.1. The van der Waals surface area contributed by atoms with Gasteiger partial charge in [0.1, 0.15) is 5.75 Å². The number of nitrogens with one attached hydrogen (secondary N) is 1. The first-order valence-corrected chi connectivity index (χ1v) is 9.50. The third-order valence-corrected chi connectivity index (χ3v) is 5.36. The van der Waals surface area contributed by atoms with Crippen LogP contribution in [-0.2, 0) is 4.79 Å². The molecular weight excluding hydrogens is 338 g/mol. The number of hydrogen-bond donors (Lipinski definition) is 1. The molecule has 2 aliphatic rings. The number of carbonyl (C=O) groups excluding carboxylic acids is 1. The molecule has 1 N–H and O–H groups in total. The van der Waals surface area contributed by atoms with E-state index in [1.54, 1.807) is 0 Å². The summed E-state index contributed by atoms with van der Waals surface area (Å²) >= 11 is 0. The molecule has 2 aromatic carbocycles. The molecule has 5 rings (SSSR count). The number of ketones is 1. The fourth-order valence-electron chi connectivity index (χ4n) is 4.26. The number of ether oxygens (including phenoxy) is 1. The number of anilines is 1. The van der Waals surface area contributed by atoms with E-state index in [1.165, 1.54) is 0 Å². The van der Waals surface area contributed by atoms with E-state index in [-0.39, 0.29) is 11.8 Å². The van der Waals surface area contributed by atoms with Crippen LogP contribution < -0.4 is 10.1 Å². The molecule has 0 spiro atoms. The highest BCUT2D eigenvalue weighted by Gasteiger charge is 2.37. The molecule has 1 aliphatic heterocycles. The van der Waals surface area contributed by atoms with Gasteiger partial charge in [0, 0.05) is 23.3 Å². The van der Waals surface area contributed by atoms with Gasteiger partial charge in [-0.1, -0.05) is 30.3 Å². The average Bonchev–Trinajstić information content (AvgIpc) is 3.05. The van der Waals surface area contributed by atoms with Crippen molar-refractivity contribution in [2.45, 2.75) is 32.2 Å². The van der Waals surface area contributed by atoms with Crippen molar-refractivity contribution in [3.05, 3.63) is 65.4 Å². The van der Waals surface area contributed by atoms with Crippen LogP contribution in [0.3, 0.4) is 0 Å². The summed E-state index contributed by atoms with van der Waals surface area (Å²) in [6.07, 6.45) is 2.35. The molecule has 2 heterocycles. The van der Waals surface area contributed by atoms with Crippen LogP contribution in [0.1, 0.15) is 37.8 Å². The van der Waals surface area contributed by atoms with Gasteiger partial charge in [-0.25, -0.2) is 4.98 Å². The van der Waals surface area contributed by atoms with E-state index in [4.69, 9.17) is 9.72 Å². The van der Waals surface area contributed by atoms with Crippen molar-refractivity contribution in [2.75, 3.05) is 11.9 Å². The third-order valence-electron chi connectivity index (χ3n) is 5.36. The van der Waals surface area contributed by atoms with Gasteiger partial charge in [0.05, 0.1) is 23.7 Å². The highest BCUT2D eigenvalue weighted by atomic mass is 16.5. The molecule has 0 saturated heterocycles. The molecule has 5 nitrogen and oxygen atoms in total. The lowest BCUT2D eigenvalue weighted by molar-refractivity contribution is -0.116. The van der Waals surface area contributed by atoms with E-state index in [0.29, 0.717) is 13.0 Å². The summed E-state index contributed by atoms with van der Waals surface area (Å²) in [4.78, 5) is 17.8. The molecule has 0 amide bonds. The Kier molecular flexibility index (Phi) is 3.74. The molecule has 0 fully saturated rings. The number of imidazole rings is 1. The fourth-order valence-corrected chi connectivity index (χ4v) is 4.26. The topological polar surface area (TPSA) is 56.1 Å². The number of Topliss-reactive ketones (excluding diaryl/α,β-unsaturated/α-hetero) is 1. The van der Waals surface area contributed by atoms with Gasteiger partial charge in [0.2, 0.25) is 5.95 Å². The Hall–Kier alpha value is -3.08. The highest BCUT2D eigenvalue weighted by Crippen LogP contribution is 2.44. The summed E-state index contributed by atoms with van der Waals surface area (Å²) < 4.78 is 8.07. The van der Waals surface area contributed by atoms with Gasteiger partial charge in [0.25, 0.3) is 0 Å². The van der Waals surface area contributed by atoms with E-state index in [9.17, 15) is 4.79 Å². The lowest BCUT2D eigenvalue weighted by Crippen LogP contribution is -2.31. The predicted molar refractivity (Wildman–Crippen MR) is 105 cm³/mol. The second-order valence-corrected chi connectivity index (χ2v) is 6.96. The monoisotopic (exact) mass is 359 g/mol. The zero-order valence-corrected chi connectivity index (χ0v) is 15.2. The van der Waals surface area contributed by atoms with Crippen molar-refractivity contribution in [1.29, 1.82) is 0 Å². The molecule has 1 atom stereocenters. The summed E-state index contributed by atoms with van der Waals surface area (Å²) in [5.74, 6) is 1.82. The van der Waals surface area contributed by atoms with Crippen molar-refractivity contribution in [2.24, 2.45) is 0 Å². The van der Waals surface area contributed by atoms with Crippen LogP contribution in [0, 0.1) is 0 Å². The van der Waals surface area contributed by atoms with Gasteiger partial charge in [-0.15, -0.1) is 0 Å². The number of rotatable bonds is 3. The predicted octanol–water partition coefficient (Wildman–Crippen LogP) is 4.46. The molecule has 1 unspecified atom stereocenters. The maximum Gasteiger partial charge on any atom is 0.209 e.